The van der Waals surface area contributed by atoms with E-state index in [1.807, 2.05) is 43.3 Å². The van der Waals surface area contributed by atoms with Crippen LogP contribution in [0.3, 0.4) is 0 Å². The lowest BCUT2D eigenvalue weighted by Crippen LogP contribution is -2.34. The second-order valence-corrected chi connectivity index (χ2v) is 7.04. The molecule has 0 aliphatic carbocycles. The molecular formula is C19H26N4O3. The highest BCUT2D eigenvalue weighted by Crippen LogP contribution is 2.13. The Kier molecular flexibility index (Phi) is 6.38. The Labute approximate surface area is 153 Å². The lowest BCUT2D eigenvalue weighted by atomic mass is 10.2. The second kappa shape index (κ2) is 8.51. The summed E-state index contributed by atoms with van der Waals surface area (Å²) in [4.78, 5) is 23.7. The number of aromatic nitrogens is 2. The number of nitrogens with zero attached hydrogens (tertiary/aromatic N) is 2. The van der Waals surface area contributed by atoms with Crippen molar-refractivity contribution in [1.82, 2.24) is 15.1 Å². The van der Waals surface area contributed by atoms with Crippen LogP contribution in [0.15, 0.2) is 36.4 Å². The van der Waals surface area contributed by atoms with Gasteiger partial charge in [0, 0.05) is 19.0 Å². The molecule has 1 aromatic carbocycles. The van der Waals surface area contributed by atoms with E-state index in [9.17, 15) is 9.59 Å². The summed E-state index contributed by atoms with van der Waals surface area (Å²) in [6.07, 6.45) is -0.385. The van der Waals surface area contributed by atoms with Gasteiger partial charge in [0.25, 0.3) is 0 Å². The SMILES string of the molecule is Cc1cc(NC(=O)CCNC(=O)OC(C)(C)C)n(Cc2ccccc2)n1. The fourth-order valence-corrected chi connectivity index (χ4v) is 2.32. The van der Waals surface area contributed by atoms with Crippen LogP contribution in [-0.4, -0.2) is 33.9 Å². The summed E-state index contributed by atoms with van der Waals surface area (Å²) in [7, 11) is 0. The number of alkyl carbamates (subject to hydrolysis) is 1. The molecule has 2 aromatic rings. The van der Waals surface area contributed by atoms with Crippen molar-refractivity contribution in [3.63, 3.8) is 0 Å². The van der Waals surface area contributed by atoms with Gasteiger partial charge in [-0.25, -0.2) is 9.48 Å². The molecule has 26 heavy (non-hydrogen) atoms. The third-order valence-corrected chi connectivity index (χ3v) is 3.37. The number of hydrogen-bond donors (Lipinski definition) is 2. The van der Waals surface area contributed by atoms with Crippen LogP contribution in [0, 0.1) is 6.92 Å². The van der Waals surface area contributed by atoms with E-state index in [-0.39, 0.29) is 18.9 Å². The van der Waals surface area contributed by atoms with Crippen LogP contribution in [0.1, 0.15) is 38.4 Å². The summed E-state index contributed by atoms with van der Waals surface area (Å²) < 4.78 is 6.88. The Morgan fingerprint density at radius 3 is 2.54 bits per heavy atom. The number of aryl methyl sites for hydroxylation is 1. The van der Waals surface area contributed by atoms with E-state index >= 15 is 0 Å². The van der Waals surface area contributed by atoms with Crippen LogP contribution in [-0.2, 0) is 16.1 Å². The summed E-state index contributed by atoms with van der Waals surface area (Å²) in [5.74, 6) is 0.434. The van der Waals surface area contributed by atoms with Gasteiger partial charge in [-0.3, -0.25) is 4.79 Å². The highest BCUT2D eigenvalue weighted by Gasteiger charge is 2.16. The van der Waals surface area contributed by atoms with Gasteiger partial charge in [0.15, 0.2) is 0 Å². The molecule has 0 bridgehead atoms. The molecule has 0 atom stereocenters. The van der Waals surface area contributed by atoms with Gasteiger partial charge in [0.1, 0.15) is 11.4 Å². The summed E-state index contributed by atoms with van der Waals surface area (Å²) in [6, 6.07) is 11.7. The maximum absolute atomic E-state index is 12.1. The van der Waals surface area contributed by atoms with E-state index in [2.05, 4.69) is 15.7 Å². The molecule has 0 aliphatic rings. The zero-order valence-corrected chi connectivity index (χ0v) is 15.7. The van der Waals surface area contributed by atoms with Crippen LogP contribution in [0.25, 0.3) is 0 Å². The maximum atomic E-state index is 12.1. The lowest BCUT2D eigenvalue weighted by molar-refractivity contribution is -0.116. The number of nitrogens with one attached hydrogen (secondary N) is 2. The third kappa shape index (κ3) is 6.58. The molecule has 1 aromatic heterocycles. The van der Waals surface area contributed by atoms with E-state index < -0.39 is 11.7 Å². The Morgan fingerprint density at radius 1 is 1.19 bits per heavy atom. The van der Waals surface area contributed by atoms with Crippen LogP contribution >= 0.6 is 0 Å². The average molecular weight is 358 g/mol. The van der Waals surface area contributed by atoms with E-state index in [4.69, 9.17) is 4.74 Å². The molecular weight excluding hydrogens is 332 g/mol. The number of anilines is 1. The predicted octanol–water partition coefficient (Wildman–Crippen LogP) is 3.09. The minimum Gasteiger partial charge on any atom is -0.444 e. The van der Waals surface area contributed by atoms with Crippen molar-refractivity contribution < 1.29 is 14.3 Å². The first kappa shape index (κ1) is 19.5. The van der Waals surface area contributed by atoms with Gasteiger partial charge in [-0.1, -0.05) is 30.3 Å². The summed E-state index contributed by atoms with van der Waals surface area (Å²) in [5, 5.41) is 9.83. The van der Waals surface area contributed by atoms with E-state index in [1.165, 1.54) is 0 Å². The fourth-order valence-electron chi connectivity index (χ4n) is 2.32. The Balaban J connectivity index is 1.86. The molecule has 0 spiro atoms. The molecule has 7 heteroatoms. The quantitative estimate of drug-likeness (QED) is 0.831. The van der Waals surface area contributed by atoms with Crippen molar-refractivity contribution in [3.05, 3.63) is 47.7 Å². The first-order chi connectivity index (χ1) is 12.2. The minimum absolute atomic E-state index is 0.148. The standard InChI is InChI=1S/C19H26N4O3/c1-14-12-16(23(22-14)13-15-8-6-5-7-9-15)21-17(24)10-11-20-18(25)26-19(2,3)4/h5-9,12H,10-11,13H2,1-4H3,(H,20,25)(H,21,24). The normalized spacial score (nSPS) is 11.1. The largest absolute Gasteiger partial charge is 0.444 e. The highest BCUT2D eigenvalue weighted by molar-refractivity contribution is 5.90. The van der Waals surface area contributed by atoms with E-state index in [0.29, 0.717) is 12.4 Å². The molecule has 0 saturated heterocycles. The average Bonchev–Trinajstić information content (AvgIpc) is 2.85. The van der Waals surface area contributed by atoms with Gasteiger partial charge in [0.2, 0.25) is 5.91 Å². The number of hydrogen-bond acceptors (Lipinski definition) is 4. The second-order valence-electron chi connectivity index (χ2n) is 7.04. The number of amides is 2. The fraction of sp³-hybridized carbons (Fsp3) is 0.421. The molecule has 0 aliphatic heterocycles. The molecule has 2 rings (SSSR count). The van der Waals surface area contributed by atoms with Crippen molar-refractivity contribution in [2.45, 2.75) is 46.3 Å². The lowest BCUT2D eigenvalue weighted by Gasteiger charge is -2.19. The van der Waals surface area contributed by atoms with Crippen molar-refractivity contribution in [3.8, 4) is 0 Å². The summed E-state index contributed by atoms with van der Waals surface area (Å²) in [6.45, 7) is 8.01. The molecule has 0 radical (unpaired) electrons. The number of ether oxygens (including phenoxy) is 1. The van der Waals surface area contributed by atoms with E-state index in [0.717, 1.165) is 11.3 Å². The molecule has 1 heterocycles. The molecule has 0 saturated carbocycles. The van der Waals surface area contributed by atoms with Crippen LogP contribution in [0.2, 0.25) is 0 Å². The highest BCUT2D eigenvalue weighted by atomic mass is 16.6. The molecule has 7 nitrogen and oxygen atoms in total. The van der Waals surface area contributed by atoms with Crippen LogP contribution < -0.4 is 10.6 Å². The smallest absolute Gasteiger partial charge is 0.407 e. The molecule has 2 amide bonds. The topological polar surface area (TPSA) is 85.3 Å². The van der Waals surface area contributed by atoms with Crippen LogP contribution in [0.5, 0.6) is 0 Å². The molecule has 0 fully saturated rings. The summed E-state index contributed by atoms with van der Waals surface area (Å²) in [5.41, 5.74) is 1.36. The number of carbonyl (C=O) groups is 2. The van der Waals surface area contributed by atoms with Gasteiger partial charge in [-0.2, -0.15) is 5.10 Å². The van der Waals surface area contributed by atoms with Crippen molar-refractivity contribution in [2.24, 2.45) is 0 Å². The first-order valence-corrected chi connectivity index (χ1v) is 8.58. The minimum atomic E-state index is -0.562. The van der Waals surface area contributed by atoms with Gasteiger partial charge in [0.05, 0.1) is 12.2 Å². The van der Waals surface area contributed by atoms with Gasteiger partial charge >= 0.3 is 6.09 Å². The predicted molar refractivity (Wildman–Crippen MR) is 100.0 cm³/mol. The summed E-state index contributed by atoms with van der Waals surface area (Å²) >= 11 is 0. The Bertz CT molecular complexity index is 748. The maximum Gasteiger partial charge on any atom is 0.407 e. The Hall–Kier alpha value is -2.83. The molecule has 2 N–H and O–H groups in total. The number of carbonyl (C=O) groups excluding carboxylic acids is 2. The van der Waals surface area contributed by atoms with Gasteiger partial charge in [-0.15, -0.1) is 0 Å². The third-order valence-electron chi connectivity index (χ3n) is 3.37. The van der Waals surface area contributed by atoms with Gasteiger partial charge < -0.3 is 15.4 Å². The Morgan fingerprint density at radius 2 is 1.88 bits per heavy atom. The molecule has 140 valence electrons. The van der Waals surface area contributed by atoms with Crippen molar-refractivity contribution in [2.75, 3.05) is 11.9 Å². The first-order valence-electron chi connectivity index (χ1n) is 8.58. The van der Waals surface area contributed by atoms with Crippen molar-refractivity contribution in [1.29, 1.82) is 0 Å². The number of benzene rings is 1. The zero-order valence-electron chi connectivity index (χ0n) is 15.7. The molecule has 0 unspecified atom stereocenters. The van der Waals surface area contributed by atoms with Gasteiger partial charge in [-0.05, 0) is 33.3 Å². The monoisotopic (exact) mass is 358 g/mol. The van der Waals surface area contributed by atoms with Crippen molar-refractivity contribution >= 4 is 17.8 Å². The number of rotatable bonds is 6. The zero-order chi connectivity index (χ0) is 19.2. The van der Waals surface area contributed by atoms with E-state index in [1.54, 1.807) is 25.5 Å². The van der Waals surface area contributed by atoms with Crippen LogP contribution in [0.4, 0.5) is 10.6 Å².